The third-order valence-electron chi connectivity index (χ3n) is 3.29. The maximum absolute atomic E-state index is 11.5. The summed E-state index contributed by atoms with van der Waals surface area (Å²) in [6.45, 7) is 0. The van der Waals surface area contributed by atoms with Gasteiger partial charge in [-0.15, -0.1) is 0 Å². The third kappa shape index (κ3) is 3.47. The molecule has 0 radical (unpaired) electrons. The van der Waals surface area contributed by atoms with Gasteiger partial charge in [-0.05, 0) is 31.0 Å². The highest BCUT2D eigenvalue weighted by Gasteiger charge is 2.18. The molecule has 0 saturated carbocycles. The fourth-order valence-corrected chi connectivity index (χ4v) is 3.44. The number of hydrogen-bond acceptors (Lipinski definition) is 4. The number of rotatable bonds is 3. The molecule has 1 fully saturated rings. The molecule has 1 heterocycles. The Morgan fingerprint density at radius 3 is 2.63 bits per heavy atom. The lowest BCUT2D eigenvalue weighted by molar-refractivity contribution is 0.0963. The summed E-state index contributed by atoms with van der Waals surface area (Å²) >= 11 is 0. The predicted octanol–water partition coefficient (Wildman–Crippen LogP) is 0.951. The fourth-order valence-electron chi connectivity index (χ4n) is 2.14. The zero-order valence-electron chi connectivity index (χ0n) is 10.9. The molecule has 2 rings (SSSR count). The Labute approximate surface area is 115 Å². The second-order valence-corrected chi connectivity index (χ2v) is 6.34. The minimum Gasteiger partial charge on any atom is -0.397 e. The van der Waals surface area contributed by atoms with Crippen molar-refractivity contribution in [1.29, 1.82) is 0 Å². The SMILES string of the molecule is CNC(=O)c1ccc(NC2CCS(=O)CC2)c(N)c1. The van der Waals surface area contributed by atoms with Gasteiger partial charge in [0.15, 0.2) is 0 Å². The average Bonchev–Trinajstić information content (AvgIpc) is 2.42. The number of hydrogen-bond donors (Lipinski definition) is 3. The molecule has 0 aliphatic carbocycles. The van der Waals surface area contributed by atoms with E-state index in [9.17, 15) is 9.00 Å². The van der Waals surface area contributed by atoms with Crippen molar-refractivity contribution < 1.29 is 9.00 Å². The van der Waals surface area contributed by atoms with Crippen LogP contribution in [0.5, 0.6) is 0 Å². The molecule has 1 amide bonds. The van der Waals surface area contributed by atoms with E-state index in [1.54, 1.807) is 19.2 Å². The summed E-state index contributed by atoms with van der Waals surface area (Å²) < 4.78 is 11.3. The zero-order valence-corrected chi connectivity index (χ0v) is 11.8. The first kappa shape index (κ1) is 13.9. The van der Waals surface area contributed by atoms with Gasteiger partial charge in [0.05, 0.1) is 11.4 Å². The summed E-state index contributed by atoms with van der Waals surface area (Å²) in [6.07, 6.45) is 1.78. The first-order valence-electron chi connectivity index (χ1n) is 6.33. The fraction of sp³-hybridized carbons (Fsp3) is 0.462. The van der Waals surface area contributed by atoms with Crippen LogP contribution >= 0.6 is 0 Å². The van der Waals surface area contributed by atoms with E-state index in [4.69, 9.17) is 5.73 Å². The Morgan fingerprint density at radius 1 is 1.37 bits per heavy atom. The maximum Gasteiger partial charge on any atom is 0.251 e. The van der Waals surface area contributed by atoms with Gasteiger partial charge in [-0.25, -0.2) is 0 Å². The van der Waals surface area contributed by atoms with Crippen LogP contribution in [-0.4, -0.2) is 34.7 Å². The van der Waals surface area contributed by atoms with Crippen LogP contribution in [0, 0.1) is 0 Å². The Morgan fingerprint density at radius 2 is 2.05 bits per heavy atom. The monoisotopic (exact) mass is 281 g/mol. The number of carbonyl (C=O) groups excluding carboxylic acids is 1. The lowest BCUT2D eigenvalue weighted by atomic mass is 10.1. The highest BCUT2D eigenvalue weighted by Crippen LogP contribution is 2.23. The van der Waals surface area contributed by atoms with E-state index in [0.29, 0.717) is 17.3 Å². The summed E-state index contributed by atoms with van der Waals surface area (Å²) in [5, 5.41) is 5.93. The number of anilines is 2. The first-order valence-corrected chi connectivity index (χ1v) is 7.82. The molecule has 0 aromatic heterocycles. The van der Waals surface area contributed by atoms with Gasteiger partial charge in [0, 0.05) is 41.0 Å². The molecule has 0 bridgehead atoms. The van der Waals surface area contributed by atoms with Gasteiger partial charge < -0.3 is 16.4 Å². The van der Waals surface area contributed by atoms with Crippen molar-refractivity contribution in [3.63, 3.8) is 0 Å². The maximum atomic E-state index is 11.5. The Hall–Kier alpha value is -1.56. The van der Waals surface area contributed by atoms with Gasteiger partial charge in [0.2, 0.25) is 0 Å². The van der Waals surface area contributed by atoms with Crippen LogP contribution in [0.4, 0.5) is 11.4 Å². The van der Waals surface area contributed by atoms with E-state index in [0.717, 1.165) is 30.0 Å². The summed E-state index contributed by atoms with van der Waals surface area (Å²) in [7, 11) is 0.931. The second kappa shape index (κ2) is 6.06. The van der Waals surface area contributed by atoms with Crippen molar-refractivity contribution in [2.45, 2.75) is 18.9 Å². The van der Waals surface area contributed by atoms with Crippen molar-refractivity contribution >= 4 is 28.1 Å². The van der Waals surface area contributed by atoms with Gasteiger partial charge in [0.25, 0.3) is 5.91 Å². The summed E-state index contributed by atoms with van der Waals surface area (Å²) in [5.41, 5.74) is 7.91. The van der Waals surface area contributed by atoms with Crippen LogP contribution in [0.15, 0.2) is 18.2 Å². The molecule has 5 nitrogen and oxygen atoms in total. The number of nitrogen functional groups attached to an aromatic ring is 1. The van der Waals surface area contributed by atoms with E-state index in [-0.39, 0.29) is 5.91 Å². The highest BCUT2D eigenvalue weighted by molar-refractivity contribution is 7.85. The molecular formula is C13H19N3O2S. The lowest BCUT2D eigenvalue weighted by Gasteiger charge is -2.24. The van der Waals surface area contributed by atoms with Crippen molar-refractivity contribution in [3.8, 4) is 0 Å². The molecule has 6 heteroatoms. The molecule has 1 aliphatic heterocycles. The lowest BCUT2D eigenvalue weighted by Crippen LogP contribution is -2.29. The van der Waals surface area contributed by atoms with Crippen molar-refractivity contribution in [3.05, 3.63) is 23.8 Å². The molecule has 1 saturated heterocycles. The third-order valence-corrected chi connectivity index (χ3v) is 4.67. The first-order chi connectivity index (χ1) is 9.10. The molecule has 1 aromatic carbocycles. The summed E-state index contributed by atoms with van der Waals surface area (Å²) in [5.74, 6) is 1.34. The predicted molar refractivity (Wildman–Crippen MR) is 78.8 cm³/mol. The van der Waals surface area contributed by atoms with Gasteiger partial charge in [-0.1, -0.05) is 0 Å². The summed E-state index contributed by atoms with van der Waals surface area (Å²) in [6, 6.07) is 5.55. The van der Waals surface area contributed by atoms with Crippen LogP contribution in [0.1, 0.15) is 23.2 Å². The van der Waals surface area contributed by atoms with Crippen LogP contribution in [0.3, 0.4) is 0 Å². The standard InChI is InChI=1S/C13H19N3O2S/c1-15-13(17)9-2-3-12(11(14)8-9)16-10-4-6-19(18)7-5-10/h2-3,8,10,16H,4-7,14H2,1H3,(H,15,17). The molecule has 1 aromatic rings. The Bertz CT molecular complexity index is 495. The Balaban J connectivity index is 2.05. The van der Waals surface area contributed by atoms with E-state index in [2.05, 4.69) is 10.6 Å². The summed E-state index contributed by atoms with van der Waals surface area (Å²) in [4.78, 5) is 11.5. The van der Waals surface area contributed by atoms with E-state index >= 15 is 0 Å². The normalized spacial score (nSPS) is 22.8. The minimum atomic E-state index is -0.660. The molecule has 1 aliphatic rings. The number of nitrogens with two attached hydrogens (primary N) is 1. The van der Waals surface area contributed by atoms with Gasteiger partial charge in [-0.3, -0.25) is 9.00 Å². The van der Waals surface area contributed by atoms with Crippen molar-refractivity contribution in [2.24, 2.45) is 0 Å². The van der Waals surface area contributed by atoms with Gasteiger partial charge in [-0.2, -0.15) is 0 Å². The number of carbonyl (C=O) groups is 1. The smallest absolute Gasteiger partial charge is 0.251 e. The van der Waals surface area contributed by atoms with E-state index < -0.39 is 10.8 Å². The van der Waals surface area contributed by atoms with Crippen LogP contribution in [-0.2, 0) is 10.8 Å². The van der Waals surface area contributed by atoms with Crippen LogP contribution in [0.2, 0.25) is 0 Å². The Kier molecular flexibility index (Phi) is 4.42. The van der Waals surface area contributed by atoms with Gasteiger partial charge in [0.1, 0.15) is 0 Å². The van der Waals surface area contributed by atoms with E-state index in [1.165, 1.54) is 0 Å². The molecular weight excluding hydrogens is 262 g/mol. The van der Waals surface area contributed by atoms with E-state index in [1.807, 2.05) is 6.07 Å². The average molecular weight is 281 g/mol. The molecule has 4 N–H and O–H groups in total. The molecule has 0 spiro atoms. The quantitative estimate of drug-likeness (QED) is 0.720. The topological polar surface area (TPSA) is 84.2 Å². The number of benzene rings is 1. The largest absolute Gasteiger partial charge is 0.397 e. The van der Waals surface area contributed by atoms with Crippen LogP contribution < -0.4 is 16.4 Å². The number of amides is 1. The van der Waals surface area contributed by atoms with Crippen molar-refractivity contribution in [2.75, 3.05) is 29.6 Å². The molecule has 104 valence electrons. The van der Waals surface area contributed by atoms with Crippen LogP contribution in [0.25, 0.3) is 0 Å². The molecule has 19 heavy (non-hydrogen) atoms. The van der Waals surface area contributed by atoms with Crippen molar-refractivity contribution in [1.82, 2.24) is 5.32 Å². The highest BCUT2D eigenvalue weighted by atomic mass is 32.2. The minimum absolute atomic E-state index is 0.147. The molecule has 0 unspecified atom stereocenters. The van der Waals surface area contributed by atoms with Gasteiger partial charge >= 0.3 is 0 Å². The zero-order chi connectivity index (χ0) is 13.8. The second-order valence-electron chi connectivity index (χ2n) is 4.65. The number of nitrogens with one attached hydrogen (secondary N) is 2. The molecule has 0 atom stereocenters.